The molecular formula is C10H9Br2ClO. The van der Waals surface area contributed by atoms with Crippen molar-refractivity contribution in [2.45, 2.75) is 11.8 Å². The average molecular weight is 340 g/mol. The monoisotopic (exact) mass is 338 g/mol. The molecule has 1 rings (SSSR count). The lowest BCUT2D eigenvalue weighted by Crippen LogP contribution is -2.17. The molecule has 76 valence electrons. The van der Waals surface area contributed by atoms with E-state index in [4.69, 9.17) is 11.6 Å². The van der Waals surface area contributed by atoms with Crippen LogP contribution in [0.15, 0.2) is 18.2 Å². The summed E-state index contributed by atoms with van der Waals surface area (Å²) in [5.74, 6) is 0.0185. The lowest BCUT2D eigenvalue weighted by atomic mass is 10.0. The second kappa shape index (κ2) is 5.29. The van der Waals surface area contributed by atoms with E-state index in [1.807, 2.05) is 19.1 Å². The van der Waals surface area contributed by atoms with Gasteiger partial charge in [0.25, 0.3) is 0 Å². The van der Waals surface area contributed by atoms with Crippen LogP contribution in [0.1, 0.15) is 15.9 Å². The van der Waals surface area contributed by atoms with Crippen molar-refractivity contribution in [3.05, 3.63) is 34.3 Å². The van der Waals surface area contributed by atoms with E-state index in [0.29, 0.717) is 15.9 Å². The lowest BCUT2D eigenvalue weighted by Gasteiger charge is -2.09. The van der Waals surface area contributed by atoms with Gasteiger partial charge in [-0.25, -0.2) is 0 Å². The average Bonchev–Trinajstić information content (AvgIpc) is 2.16. The van der Waals surface area contributed by atoms with Crippen LogP contribution in [-0.4, -0.2) is 15.9 Å². The van der Waals surface area contributed by atoms with Crippen molar-refractivity contribution in [1.82, 2.24) is 0 Å². The first-order valence-electron chi connectivity index (χ1n) is 4.07. The zero-order chi connectivity index (χ0) is 10.7. The quantitative estimate of drug-likeness (QED) is 0.601. The highest BCUT2D eigenvalue weighted by Gasteiger charge is 2.19. The second-order valence-electron chi connectivity index (χ2n) is 2.92. The molecule has 0 spiro atoms. The molecule has 1 unspecified atom stereocenters. The van der Waals surface area contributed by atoms with Gasteiger partial charge in [0.1, 0.15) is 0 Å². The molecule has 0 N–H and O–H groups in total. The van der Waals surface area contributed by atoms with Gasteiger partial charge in [-0.15, -0.1) is 0 Å². The van der Waals surface area contributed by atoms with Gasteiger partial charge in [0.05, 0.1) is 9.85 Å². The molecule has 0 aliphatic heterocycles. The molecule has 0 fully saturated rings. The first-order chi connectivity index (χ1) is 6.57. The van der Waals surface area contributed by atoms with Gasteiger partial charge in [0, 0.05) is 10.9 Å². The summed E-state index contributed by atoms with van der Waals surface area (Å²) in [6.07, 6.45) is 0. The Morgan fingerprint density at radius 3 is 2.71 bits per heavy atom. The number of halogens is 3. The van der Waals surface area contributed by atoms with E-state index in [1.54, 1.807) is 6.07 Å². The topological polar surface area (TPSA) is 17.1 Å². The third kappa shape index (κ3) is 2.59. The Kier molecular flexibility index (Phi) is 4.61. The van der Waals surface area contributed by atoms with Crippen molar-refractivity contribution in [2.75, 3.05) is 5.33 Å². The predicted octanol–water partition coefficient (Wildman–Crippen LogP) is 3.99. The maximum Gasteiger partial charge on any atom is 0.179 e. The first kappa shape index (κ1) is 12.2. The number of rotatable bonds is 3. The Balaban J connectivity index is 3.12. The van der Waals surface area contributed by atoms with Gasteiger partial charge in [-0.2, -0.15) is 0 Å². The molecule has 0 heterocycles. The summed E-state index contributed by atoms with van der Waals surface area (Å²) in [4.78, 5) is 11.6. The summed E-state index contributed by atoms with van der Waals surface area (Å²) >= 11 is 12.5. The molecule has 0 amide bonds. The number of Topliss-reactive ketones (excluding diaryl/α,β-unsaturated/α-hetero) is 1. The molecule has 1 aromatic rings. The zero-order valence-electron chi connectivity index (χ0n) is 7.56. The highest BCUT2D eigenvalue weighted by Crippen LogP contribution is 2.23. The molecule has 0 aliphatic carbocycles. The number of carbonyl (C=O) groups excluding carboxylic acids is 1. The molecule has 1 atom stereocenters. The predicted molar refractivity (Wildman–Crippen MR) is 67.0 cm³/mol. The fraction of sp³-hybridized carbons (Fsp3) is 0.300. The molecule has 1 nitrogen and oxygen atoms in total. The van der Waals surface area contributed by atoms with Crippen LogP contribution < -0.4 is 0 Å². The Labute approximate surface area is 105 Å². The summed E-state index contributed by atoms with van der Waals surface area (Å²) in [7, 11) is 0. The van der Waals surface area contributed by atoms with Gasteiger partial charge in [-0.1, -0.05) is 55.6 Å². The van der Waals surface area contributed by atoms with Crippen molar-refractivity contribution >= 4 is 49.2 Å². The number of carbonyl (C=O) groups is 1. The van der Waals surface area contributed by atoms with Gasteiger partial charge >= 0.3 is 0 Å². The minimum Gasteiger partial charge on any atom is -0.293 e. The molecule has 14 heavy (non-hydrogen) atoms. The van der Waals surface area contributed by atoms with Crippen molar-refractivity contribution in [2.24, 2.45) is 0 Å². The highest BCUT2D eigenvalue weighted by molar-refractivity contribution is 9.12. The van der Waals surface area contributed by atoms with Gasteiger partial charge < -0.3 is 0 Å². The molecule has 1 aromatic carbocycles. The summed E-state index contributed by atoms with van der Waals surface area (Å²) in [6, 6.07) is 5.45. The van der Waals surface area contributed by atoms with Crippen LogP contribution in [0.5, 0.6) is 0 Å². The Bertz CT molecular complexity index is 332. The highest BCUT2D eigenvalue weighted by atomic mass is 79.9. The summed E-state index contributed by atoms with van der Waals surface area (Å²) in [5, 5.41) is 1.09. The SMILES string of the molecule is Cc1cccc(Cl)c1C(=O)C(Br)CBr. The van der Waals surface area contributed by atoms with E-state index in [0.717, 1.165) is 5.56 Å². The van der Waals surface area contributed by atoms with E-state index in [2.05, 4.69) is 31.9 Å². The number of hydrogen-bond acceptors (Lipinski definition) is 1. The van der Waals surface area contributed by atoms with Gasteiger partial charge in [0.15, 0.2) is 5.78 Å². The van der Waals surface area contributed by atoms with E-state index >= 15 is 0 Å². The standard InChI is InChI=1S/C10H9Br2ClO/c1-6-3-2-4-8(13)9(6)10(14)7(12)5-11/h2-4,7H,5H2,1H3. The first-order valence-corrected chi connectivity index (χ1v) is 6.48. The fourth-order valence-electron chi connectivity index (χ4n) is 1.17. The number of alkyl halides is 2. The molecule has 0 aliphatic rings. The lowest BCUT2D eigenvalue weighted by molar-refractivity contribution is 0.0997. The summed E-state index contributed by atoms with van der Waals surface area (Å²) < 4.78 is 0. The number of benzene rings is 1. The minimum atomic E-state index is -0.221. The van der Waals surface area contributed by atoms with Crippen LogP contribution in [0, 0.1) is 6.92 Å². The molecule has 0 bridgehead atoms. The van der Waals surface area contributed by atoms with Crippen molar-refractivity contribution in [1.29, 1.82) is 0 Å². The van der Waals surface area contributed by atoms with Crippen molar-refractivity contribution in [3.63, 3.8) is 0 Å². The number of hydrogen-bond donors (Lipinski definition) is 0. The van der Waals surface area contributed by atoms with E-state index in [1.165, 1.54) is 0 Å². The minimum absolute atomic E-state index is 0.0185. The Hall–Kier alpha value is 0.140. The van der Waals surface area contributed by atoms with Crippen LogP contribution in [0.25, 0.3) is 0 Å². The van der Waals surface area contributed by atoms with Crippen LogP contribution in [0.3, 0.4) is 0 Å². The molecule has 4 heteroatoms. The van der Waals surface area contributed by atoms with E-state index < -0.39 is 0 Å². The molecule has 0 aromatic heterocycles. The molecule has 0 saturated heterocycles. The Morgan fingerprint density at radius 1 is 1.57 bits per heavy atom. The number of aryl methyl sites for hydroxylation is 1. The summed E-state index contributed by atoms with van der Waals surface area (Å²) in [5.41, 5.74) is 1.52. The normalized spacial score (nSPS) is 12.6. The van der Waals surface area contributed by atoms with E-state index in [-0.39, 0.29) is 10.6 Å². The summed E-state index contributed by atoms with van der Waals surface area (Å²) in [6.45, 7) is 1.88. The molecular weight excluding hydrogens is 331 g/mol. The van der Waals surface area contributed by atoms with Crippen LogP contribution in [0.4, 0.5) is 0 Å². The van der Waals surface area contributed by atoms with Crippen LogP contribution in [0.2, 0.25) is 5.02 Å². The fourth-order valence-corrected chi connectivity index (χ4v) is 2.01. The second-order valence-corrected chi connectivity index (χ2v) is 5.08. The van der Waals surface area contributed by atoms with Gasteiger partial charge in [-0.3, -0.25) is 4.79 Å². The smallest absolute Gasteiger partial charge is 0.179 e. The van der Waals surface area contributed by atoms with Crippen molar-refractivity contribution < 1.29 is 4.79 Å². The largest absolute Gasteiger partial charge is 0.293 e. The third-order valence-electron chi connectivity index (χ3n) is 1.89. The Morgan fingerprint density at radius 2 is 2.21 bits per heavy atom. The van der Waals surface area contributed by atoms with Crippen LogP contribution >= 0.6 is 43.5 Å². The van der Waals surface area contributed by atoms with E-state index in [9.17, 15) is 4.79 Å². The zero-order valence-corrected chi connectivity index (χ0v) is 11.5. The van der Waals surface area contributed by atoms with Crippen LogP contribution in [-0.2, 0) is 0 Å². The number of ketones is 1. The molecule has 0 saturated carbocycles. The molecule has 0 radical (unpaired) electrons. The van der Waals surface area contributed by atoms with Gasteiger partial charge in [-0.05, 0) is 18.6 Å². The van der Waals surface area contributed by atoms with Gasteiger partial charge in [0.2, 0.25) is 0 Å². The maximum absolute atomic E-state index is 11.9. The van der Waals surface area contributed by atoms with Crippen molar-refractivity contribution in [3.8, 4) is 0 Å². The third-order valence-corrected chi connectivity index (χ3v) is 4.46. The maximum atomic E-state index is 11.9.